The maximum atomic E-state index is 12.2. The Morgan fingerprint density at radius 3 is 1.77 bits per heavy atom. The average Bonchev–Trinajstić information content (AvgIpc) is 2.76. The molecule has 0 aliphatic rings. The number of hydrogen-bond acceptors (Lipinski definition) is 4. The van der Waals surface area contributed by atoms with Gasteiger partial charge in [-0.05, 0) is 60.4 Å². The van der Waals surface area contributed by atoms with E-state index in [0.29, 0.717) is 10.6 Å². The number of hydrogen-bond donors (Lipinski definition) is 0. The Bertz CT molecular complexity index is 1060. The van der Waals surface area contributed by atoms with Crippen LogP contribution >= 0.6 is 15.9 Å². The SMILES string of the molecule is COc1cc(CBr)ccc1C.COc1cc(CS(=O)(=O)c2ccccc2)ccc1C. The van der Waals surface area contributed by atoms with Crippen molar-refractivity contribution < 1.29 is 17.9 Å². The van der Waals surface area contributed by atoms with Crippen molar-refractivity contribution in [1.82, 2.24) is 0 Å². The van der Waals surface area contributed by atoms with Gasteiger partial charge in [0.1, 0.15) is 11.5 Å². The summed E-state index contributed by atoms with van der Waals surface area (Å²) in [6.07, 6.45) is 0. The first-order chi connectivity index (χ1) is 14.3. The van der Waals surface area contributed by atoms with Crippen LogP contribution in [0.1, 0.15) is 22.3 Å². The van der Waals surface area contributed by atoms with Gasteiger partial charge in [0, 0.05) is 5.33 Å². The number of methoxy groups -OCH3 is 2. The highest BCUT2D eigenvalue weighted by Gasteiger charge is 2.15. The average molecular weight is 491 g/mol. The molecule has 3 aromatic carbocycles. The lowest BCUT2D eigenvalue weighted by Gasteiger charge is -2.08. The molecule has 0 aliphatic heterocycles. The summed E-state index contributed by atoms with van der Waals surface area (Å²) in [4.78, 5) is 0.342. The van der Waals surface area contributed by atoms with Gasteiger partial charge in [0.2, 0.25) is 0 Å². The molecule has 160 valence electrons. The van der Waals surface area contributed by atoms with Crippen molar-refractivity contribution in [1.29, 1.82) is 0 Å². The van der Waals surface area contributed by atoms with E-state index < -0.39 is 9.84 Å². The highest BCUT2D eigenvalue weighted by atomic mass is 79.9. The van der Waals surface area contributed by atoms with Crippen LogP contribution in [0, 0.1) is 13.8 Å². The van der Waals surface area contributed by atoms with Gasteiger partial charge in [-0.3, -0.25) is 0 Å². The third-order valence-corrected chi connectivity index (χ3v) is 6.91. The zero-order valence-corrected chi connectivity index (χ0v) is 20.1. The lowest BCUT2D eigenvalue weighted by Crippen LogP contribution is -2.05. The fourth-order valence-electron chi connectivity index (χ4n) is 2.83. The van der Waals surface area contributed by atoms with Gasteiger partial charge in [0.05, 0.1) is 24.9 Å². The Hall–Kier alpha value is -2.31. The van der Waals surface area contributed by atoms with Crippen LogP contribution in [0.4, 0.5) is 0 Å². The fraction of sp³-hybridized carbons (Fsp3) is 0.250. The number of rotatable bonds is 6. The van der Waals surface area contributed by atoms with Crippen molar-refractivity contribution in [3.63, 3.8) is 0 Å². The van der Waals surface area contributed by atoms with Crippen molar-refractivity contribution >= 4 is 25.8 Å². The molecule has 0 radical (unpaired) electrons. The van der Waals surface area contributed by atoms with Crippen molar-refractivity contribution in [2.24, 2.45) is 0 Å². The number of aryl methyl sites for hydroxylation is 2. The van der Waals surface area contributed by atoms with Crippen molar-refractivity contribution in [3.8, 4) is 11.5 Å². The monoisotopic (exact) mass is 490 g/mol. The first-order valence-corrected chi connectivity index (χ1v) is 12.2. The normalized spacial score (nSPS) is 10.7. The summed E-state index contributed by atoms with van der Waals surface area (Å²) in [5.41, 5.74) is 4.14. The highest BCUT2D eigenvalue weighted by molar-refractivity contribution is 9.08. The summed E-state index contributed by atoms with van der Waals surface area (Å²) >= 11 is 3.39. The summed E-state index contributed by atoms with van der Waals surface area (Å²) in [6.45, 7) is 3.96. The van der Waals surface area contributed by atoms with Crippen LogP contribution in [0.5, 0.6) is 11.5 Å². The van der Waals surface area contributed by atoms with Gasteiger partial charge in [-0.25, -0.2) is 8.42 Å². The van der Waals surface area contributed by atoms with Crippen LogP contribution < -0.4 is 9.47 Å². The Morgan fingerprint density at radius 1 is 0.767 bits per heavy atom. The van der Waals surface area contributed by atoms with Crippen LogP contribution in [-0.4, -0.2) is 22.6 Å². The van der Waals surface area contributed by atoms with E-state index in [-0.39, 0.29) is 5.75 Å². The van der Waals surface area contributed by atoms with Gasteiger partial charge in [0.25, 0.3) is 0 Å². The summed E-state index contributed by atoms with van der Waals surface area (Å²) in [5, 5.41) is 0.879. The van der Waals surface area contributed by atoms with Crippen molar-refractivity contribution in [2.75, 3.05) is 14.2 Å². The predicted octanol–water partition coefficient (Wildman–Crippen LogP) is 5.88. The summed E-state index contributed by atoms with van der Waals surface area (Å²) < 4.78 is 34.9. The number of sulfone groups is 1. The zero-order valence-electron chi connectivity index (χ0n) is 17.7. The Kier molecular flexibility index (Phi) is 8.93. The van der Waals surface area contributed by atoms with Crippen LogP contribution in [0.2, 0.25) is 0 Å². The number of benzene rings is 3. The lowest BCUT2D eigenvalue weighted by molar-refractivity contribution is 0.411. The molecule has 0 fully saturated rings. The van der Waals surface area contributed by atoms with E-state index in [4.69, 9.17) is 9.47 Å². The second-order valence-electron chi connectivity index (χ2n) is 6.81. The van der Waals surface area contributed by atoms with E-state index in [1.165, 1.54) is 11.1 Å². The summed E-state index contributed by atoms with van der Waals surface area (Å²) in [5.74, 6) is 1.65. The van der Waals surface area contributed by atoms with E-state index in [2.05, 4.69) is 28.1 Å². The molecule has 0 amide bonds. The van der Waals surface area contributed by atoms with Crippen LogP contribution in [0.15, 0.2) is 71.6 Å². The summed E-state index contributed by atoms with van der Waals surface area (Å²) in [7, 11) is -0.0308. The molecule has 0 saturated heterocycles. The first-order valence-electron chi connectivity index (χ1n) is 9.41. The largest absolute Gasteiger partial charge is 0.496 e. The van der Waals surface area contributed by atoms with Gasteiger partial charge in [-0.15, -0.1) is 0 Å². The van der Waals surface area contributed by atoms with E-state index >= 15 is 0 Å². The highest BCUT2D eigenvalue weighted by Crippen LogP contribution is 2.23. The molecule has 0 heterocycles. The molecule has 0 unspecified atom stereocenters. The first kappa shape index (κ1) is 24.0. The van der Waals surface area contributed by atoms with Gasteiger partial charge in [-0.2, -0.15) is 0 Å². The van der Waals surface area contributed by atoms with E-state index in [1.807, 2.05) is 32.0 Å². The maximum absolute atomic E-state index is 12.2. The van der Waals surface area contributed by atoms with Gasteiger partial charge in [0.15, 0.2) is 9.84 Å². The second kappa shape index (κ2) is 11.2. The minimum absolute atomic E-state index is 0.0202. The molecule has 0 saturated carbocycles. The minimum Gasteiger partial charge on any atom is -0.496 e. The number of halogens is 1. The standard InChI is InChI=1S/C15H16O3S.C9H11BrO/c1-12-8-9-13(10-15(12)18-2)11-19(16,17)14-6-4-3-5-7-14;1-7-3-4-8(6-10)5-9(7)11-2/h3-10H,11H2,1-2H3;3-5H,6H2,1-2H3. The minimum atomic E-state index is -3.31. The molecule has 0 N–H and O–H groups in total. The van der Waals surface area contributed by atoms with Gasteiger partial charge >= 0.3 is 0 Å². The quantitative estimate of drug-likeness (QED) is 0.405. The topological polar surface area (TPSA) is 52.6 Å². The van der Waals surface area contributed by atoms with Gasteiger partial charge in [-0.1, -0.05) is 58.4 Å². The molecule has 0 spiro atoms. The molecule has 4 nitrogen and oxygen atoms in total. The molecule has 0 aliphatic carbocycles. The third-order valence-electron chi connectivity index (χ3n) is 4.56. The number of ether oxygens (including phenoxy) is 2. The molecular formula is C24H27BrO4S. The molecule has 3 rings (SSSR count). The Balaban J connectivity index is 0.000000248. The Morgan fingerprint density at radius 2 is 1.27 bits per heavy atom. The van der Waals surface area contributed by atoms with Gasteiger partial charge < -0.3 is 9.47 Å². The molecule has 0 aromatic heterocycles. The number of alkyl halides is 1. The van der Waals surface area contributed by atoms with Crippen molar-refractivity contribution in [2.45, 2.75) is 29.8 Å². The van der Waals surface area contributed by atoms with Crippen LogP contribution in [0.3, 0.4) is 0 Å². The van der Waals surface area contributed by atoms with Crippen LogP contribution in [0.25, 0.3) is 0 Å². The van der Waals surface area contributed by atoms with E-state index in [0.717, 1.165) is 22.2 Å². The molecule has 30 heavy (non-hydrogen) atoms. The maximum Gasteiger partial charge on any atom is 0.182 e. The van der Waals surface area contributed by atoms with E-state index in [9.17, 15) is 8.42 Å². The fourth-order valence-corrected chi connectivity index (χ4v) is 4.54. The van der Waals surface area contributed by atoms with Crippen LogP contribution in [-0.2, 0) is 20.9 Å². The lowest BCUT2D eigenvalue weighted by atomic mass is 10.1. The molecule has 0 atom stereocenters. The molecule has 6 heteroatoms. The third kappa shape index (κ3) is 6.61. The molecule has 0 bridgehead atoms. The summed E-state index contributed by atoms with van der Waals surface area (Å²) in [6, 6.07) is 20.1. The smallest absolute Gasteiger partial charge is 0.182 e. The van der Waals surface area contributed by atoms with Crippen molar-refractivity contribution in [3.05, 3.63) is 89.0 Å². The molecule has 3 aromatic rings. The second-order valence-corrected chi connectivity index (χ2v) is 9.36. The molecular weight excluding hydrogens is 464 g/mol. The zero-order chi connectivity index (χ0) is 22.1. The van der Waals surface area contributed by atoms with E-state index in [1.54, 1.807) is 50.6 Å². The predicted molar refractivity (Wildman–Crippen MR) is 125 cm³/mol. The Labute approximate surface area is 187 Å².